The summed E-state index contributed by atoms with van der Waals surface area (Å²) in [5.74, 6) is -1.18. The topological polar surface area (TPSA) is 102 Å². The molecule has 2 aromatic rings. The molecule has 2 amide bonds. The first kappa shape index (κ1) is 22.8. The summed E-state index contributed by atoms with van der Waals surface area (Å²) in [6.45, 7) is 2.43. The maximum atomic E-state index is 12.7. The first-order chi connectivity index (χ1) is 14.9. The van der Waals surface area contributed by atoms with Gasteiger partial charge in [0.1, 0.15) is 0 Å². The SMILES string of the molecule is CCOC(=O)c1ccc(N=C2SC(C(N)=O)CC(=O)N2CCc2ccc(Cl)cc2)cc1. The van der Waals surface area contributed by atoms with E-state index in [1.54, 1.807) is 48.2 Å². The van der Waals surface area contributed by atoms with Gasteiger partial charge in [-0.3, -0.25) is 14.5 Å². The zero-order chi connectivity index (χ0) is 22.4. The van der Waals surface area contributed by atoms with Gasteiger partial charge in [-0.25, -0.2) is 9.79 Å². The predicted molar refractivity (Wildman–Crippen MR) is 122 cm³/mol. The Hall–Kier alpha value is -2.84. The van der Waals surface area contributed by atoms with E-state index in [2.05, 4.69) is 4.99 Å². The third-order valence-electron chi connectivity index (χ3n) is 4.60. The molecule has 0 aromatic heterocycles. The fourth-order valence-corrected chi connectivity index (χ4v) is 4.16. The van der Waals surface area contributed by atoms with Crippen molar-refractivity contribution in [1.29, 1.82) is 0 Å². The van der Waals surface area contributed by atoms with Crippen LogP contribution in [0.4, 0.5) is 5.69 Å². The van der Waals surface area contributed by atoms with Gasteiger partial charge in [-0.15, -0.1) is 0 Å². The van der Waals surface area contributed by atoms with Crippen LogP contribution in [0.5, 0.6) is 0 Å². The number of hydrogen-bond acceptors (Lipinski definition) is 6. The van der Waals surface area contributed by atoms with Gasteiger partial charge < -0.3 is 10.5 Å². The quantitative estimate of drug-likeness (QED) is 0.637. The summed E-state index contributed by atoms with van der Waals surface area (Å²) in [5.41, 5.74) is 7.42. The van der Waals surface area contributed by atoms with Gasteiger partial charge in [-0.2, -0.15) is 0 Å². The van der Waals surface area contributed by atoms with Gasteiger partial charge in [0.25, 0.3) is 0 Å². The van der Waals surface area contributed by atoms with Gasteiger partial charge in [0.2, 0.25) is 11.8 Å². The van der Waals surface area contributed by atoms with Crippen LogP contribution in [0, 0.1) is 0 Å². The number of primary amides is 1. The van der Waals surface area contributed by atoms with Gasteiger partial charge in [0.05, 0.1) is 23.1 Å². The highest BCUT2D eigenvalue weighted by atomic mass is 35.5. The van der Waals surface area contributed by atoms with Crippen molar-refractivity contribution >= 4 is 52.0 Å². The van der Waals surface area contributed by atoms with Crippen molar-refractivity contribution in [2.75, 3.05) is 13.2 Å². The van der Waals surface area contributed by atoms with Crippen LogP contribution in [-0.2, 0) is 20.7 Å². The average molecular weight is 460 g/mol. The van der Waals surface area contributed by atoms with Crippen LogP contribution in [0.1, 0.15) is 29.3 Å². The second kappa shape index (κ2) is 10.5. The number of carbonyl (C=O) groups excluding carboxylic acids is 3. The molecule has 1 aliphatic heterocycles. The number of nitrogens with two attached hydrogens (primary N) is 1. The van der Waals surface area contributed by atoms with Crippen molar-refractivity contribution in [3.63, 3.8) is 0 Å². The number of carbonyl (C=O) groups is 3. The molecular weight excluding hydrogens is 438 g/mol. The Morgan fingerprint density at radius 2 is 1.87 bits per heavy atom. The number of halogens is 1. The lowest BCUT2D eigenvalue weighted by Gasteiger charge is -2.31. The Balaban J connectivity index is 1.82. The van der Waals surface area contributed by atoms with Gasteiger partial charge in [-0.1, -0.05) is 35.5 Å². The summed E-state index contributed by atoms with van der Waals surface area (Å²) in [6, 6.07) is 13.9. The molecule has 0 radical (unpaired) electrons. The van der Waals surface area contributed by atoms with E-state index in [1.165, 1.54) is 11.8 Å². The van der Waals surface area contributed by atoms with Crippen LogP contribution in [0.15, 0.2) is 53.5 Å². The van der Waals surface area contributed by atoms with Gasteiger partial charge in [0.15, 0.2) is 5.17 Å². The van der Waals surface area contributed by atoms with Gasteiger partial charge in [-0.05, 0) is 55.3 Å². The second-order valence-electron chi connectivity index (χ2n) is 6.80. The van der Waals surface area contributed by atoms with E-state index in [9.17, 15) is 14.4 Å². The molecule has 0 spiro atoms. The van der Waals surface area contributed by atoms with Crippen molar-refractivity contribution in [2.45, 2.75) is 25.0 Å². The molecule has 1 atom stereocenters. The Bertz CT molecular complexity index is 993. The molecule has 1 heterocycles. The third kappa shape index (κ3) is 6.08. The molecule has 7 nitrogen and oxygen atoms in total. The number of amidine groups is 1. The lowest BCUT2D eigenvalue weighted by atomic mass is 10.1. The maximum Gasteiger partial charge on any atom is 0.338 e. The maximum absolute atomic E-state index is 12.7. The lowest BCUT2D eigenvalue weighted by molar-refractivity contribution is -0.129. The lowest BCUT2D eigenvalue weighted by Crippen LogP contribution is -2.46. The average Bonchev–Trinajstić information content (AvgIpc) is 2.75. The molecule has 31 heavy (non-hydrogen) atoms. The highest BCUT2D eigenvalue weighted by Crippen LogP contribution is 2.29. The predicted octanol–water partition coefficient (Wildman–Crippen LogP) is 3.57. The molecule has 1 fully saturated rings. The van der Waals surface area contributed by atoms with Crippen LogP contribution in [0.25, 0.3) is 0 Å². The van der Waals surface area contributed by atoms with Crippen LogP contribution >= 0.6 is 23.4 Å². The highest BCUT2D eigenvalue weighted by molar-refractivity contribution is 8.15. The Labute approximate surface area is 189 Å². The molecule has 162 valence electrons. The molecule has 2 aromatic carbocycles. The first-order valence-electron chi connectivity index (χ1n) is 9.74. The summed E-state index contributed by atoms with van der Waals surface area (Å²) in [4.78, 5) is 42.4. The summed E-state index contributed by atoms with van der Waals surface area (Å²) in [7, 11) is 0. The van der Waals surface area contributed by atoms with Crippen LogP contribution in [0.2, 0.25) is 5.02 Å². The second-order valence-corrected chi connectivity index (χ2v) is 8.40. The summed E-state index contributed by atoms with van der Waals surface area (Å²) in [5, 5.41) is 0.376. The molecule has 1 aliphatic rings. The number of esters is 1. The summed E-state index contributed by atoms with van der Waals surface area (Å²) >= 11 is 7.10. The zero-order valence-electron chi connectivity index (χ0n) is 16.9. The van der Waals surface area contributed by atoms with E-state index in [0.717, 1.165) is 5.56 Å². The smallest absolute Gasteiger partial charge is 0.338 e. The van der Waals surface area contributed by atoms with E-state index in [-0.39, 0.29) is 12.3 Å². The van der Waals surface area contributed by atoms with Gasteiger partial charge >= 0.3 is 5.97 Å². The van der Waals surface area contributed by atoms with Crippen molar-refractivity contribution in [3.8, 4) is 0 Å². The normalized spacial score (nSPS) is 17.6. The minimum absolute atomic E-state index is 0.0292. The Kier molecular flexibility index (Phi) is 7.70. The number of benzene rings is 2. The number of ether oxygens (including phenoxy) is 1. The largest absolute Gasteiger partial charge is 0.462 e. The number of aliphatic imine (C=N–C) groups is 1. The highest BCUT2D eigenvalue weighted by Gasteiger charge is 2.34. The van der Waals surface area contributed by atoms with Crippen molar-refractivity contribution in [1.82, 2.24) is 4.90 Å². The molecule has 0 bridgehead atoms. The number of hydrogen-bond donors (Lipinski definition) is 1. The first-order valence-corrected chi connectivity index (χ1v) is 11.0. The van der Waals surface area contributed by atoms with E-state index in [0.29, 0.717) is 41.0 Å². The van der Waals surface area contributed by atoms with Gasteiger partial charge in [0, 0.05) is 18.0 Å². The van der Waals surface area contributed by atoms with Crippen molar-refractivity contribution in [2.24, 2.45) is 10.7 Å². The summed E-state index contributed by atoms with van der Waals surface area (Å²) < 4.78 is 4.98. The molecule has 3 rings (SSSR count). The summed E-state index contributed by atoms with van der Waals surface area (Å²) in [6.07, 6.45) is 0.632. The van der Waals surface area contributed by atoms with E-state index in [4.69, 9.17) is 22.1 Å². The number of thioether (sulfide) groups is 1. The number of rotatable bonds is 7. The number of amides is 2. The van der Waals surface area contributed by atoms with E-state index < -0.39 is 17.1 Å². The van der Waals surface area contributed by atoms with Crippen molar-refractivity contribution in [3.05, 3.63) is 64.7 Å². The molecular formula is C22H22ClN3O4S. The van der Waals surface area contributed by atoms with Crippen LogP contribution in [-0.4, -0.2) is 46.3 Å². The minimum atomic E-state index is -0.670. The monoisotopic (exact) mass is 459 g/mol. The molecule has 0 saturated carbocycles. The molecule has 1 saturated heterocycles. The fourth-order valence-electron chi connectivity index (χ4n) is 2.96. The number of nitrogens with zero attached hydrogens (tertiary/aromatic N) is 2. The molecule has 1 unspecified atom stereocenters. The molecule has 9 heteroatoms. The van der Waals surface area contributed by atoms with E-state index >= 15 is 0 Å². The molecule has 2 N–H and O–H groups in total. The Morgan fingerprint density at radius 1 is 1.19 bits per heavy atom. The van der Waals surface area contributed by atoms with Crippen molar-refractivity contribution < 1.29 is 19.1 Å². The standard InChI is InChI=1S/C22H22ClN3O4S/c1-2-30-21(29)15-5-9-17(10-6-15)25-22-26(19(27)13-18(31-22)20(24)28)12-11-14-3-7-16(23)8-4-14/h3-10,18H,2,11-13H2,1H3,(H2,24,28). The fraction of sp³-hybridized carbons (Fsp3) is 0.273. The van der Waals surface area contributed by atoms with E-state index in [1.807, 2.05) is 12.1 Å². The zero-order valence-corrected chi connectivity index (χ0v) is 18.5. The van der Waals surface area contributed by atoms with Crippen LogP contribution in [0.3, 0.4) is 0 Å². The minimum Gasteiger partial charge on any atom is -0.462 e. The van der Waals surface area contributed by atoms with Crippen LogP contribution < -0.4 is 5.73 Å². The molecule has 0 aliphatic carbocycles. The Morgan fingerprint density at radius 3 is 2.48 bits per heavy atom. The third-order valence-corrected chi connectivity index (χ3v) is 6.06.